The lowest BCUT2D eigenvalue weighted by molar-refractivity contribution is -0.132. The van der Waals surface area contributed by atoms with Gasteiger partial charge in [0.05, 0.1) is 6.42 Å². The number of nitrogens with one attached hydrogen (secondary N) is 4. The fourth-order valence-corrected chi connectivity index (χ4v) is 4.72. The second kappa shape index (κ2) is 13.3. The highest BCUT2D eigenvalue weighted by Crippen LogP contribution is 2.43. The second-order valence-electron chi connectivity index (χ2n) is 8.33. The summed E-state index contributed by atoms with van der Waals surface area (Å²) in [7, 11) is 1.39. The first-order valence-electron chi connectivity index (χ1n) is 10.8. The molecule has 3 rings (SSSR count). The molecule has 0 spiro atoms. The highest BCUT2D eigenvalue weighted by Gasteiger charge is 2.54. The van der Waals surface area contributed by atoms with Crippen LogP contribution in [0.5, 0.6) is 0 Å². The molecule has 182 valence electrons. The minimum Gasteiger partial charge on any atom is -0.355 e. The molecule has 4 amide bonds. The van der Waals surface area contributed by atoms with Crippen molar-refractivity contribution in [2.75, 3.05) is 26.7 Å². The van der Waals surface area contributed by atoms with Crippen LogP contribution >= 0.6 is 0 Å². The van der Waals surface area contributed by atoms with Gasteiger partial charge in [-0.2, -0.15) is 0 Å². The zero-order chi connectivity index (χ0) is 25.0. The number of azide groups is 1. The Kier molecular flexibility index (Phi) is 11.2. The summed E-state index contributed by atoms with van der Waals surface area (Å²) in [5.74, 6) is 1.77. The SMILES string of the molecule is C#CCC(=O)NC12CC(CNC(C)=O)N([C@H](CNC(C)=O)C1)[C@@H](CNC(C)=O)C2.CN=[N+]=[N-]. The van der Waals surface area contributed by atoms with Crippen LogP contribution in [0.25, 0.3) is 10.4 Å². The van der Waals surface area contributed by atoms with Gasteiger partial charge in [-0.1, -0.05) is 11.0 Å². The molecule has 2 bridgehead atoms. The van der Waals surface area contributed by atoms with E-state index in [1.165, 1.54) is 27.8 Å². The van der Waals surface area contributed by atoms with Crippen LogP contribution in [0, 0.1) is 12.3 Å². The highest BCUT2D eigenvalue weighted by molar-refractivity contribution is 5.79. The van der Waals surface area contributed by atoms with Gasteiger partial charge in [0.2, 0.25) is 23.6 Å². The van der Waals surface area contributed by atoms with Gasteiger partial charge in [0.15, 0.2) is 0 Å². The van der Waals surface area contributed by atoms with Gasteiger partial charge in [-0.15, -0.1) is 6.42 Å². The van der Waals surface area contributed by atoms with Gasteiger partial charge < -0.3 is 21.3 Å². The van der Waals surface area contributed by atoms with Crippen molar-refractivity contribution in [2.24, 2.45) is 5.11 Å². The molecule has 3 saturated heterocycles. The number of fused-ring (bicyclic) bond motifs is 3. The molecule has 3 aliphatic rings. The Morgan fingerprint density at radius 2 is 1.33 bits per heavy atom. The Balaban J connectivity index is 0.00000125. The highest BCUT2D eigenvalue weighted by atomic mass is 16.2. The summed E-state index contributed by atoms with van der Waals surface area (Å²) < 4.78 is 0. The number of amides is 4. The summed E-state index contributed by atoms with van der Waals surface area (Å²) in [6.07, 6.45) is 7.28. The number of hydrogen-bond acceptors (Lipinski definition) is 6. The number of rotatable bonds is 8. The summed E-state index contributed by atoms with van der Waals surface area (Å²) in [6.45, 7) is 5.67. The average Bonchev–Trinajstić information content (AvgIpc) is 2.74. The van der Waals surface area contributed by atoms with E-state index < -0.39 is 5.54 Å². The van der Waals surface area contributed by atoms with Gasteiger partial charge in [0.1, 0.15) is 0 Å². The quantitative estimate of drug-likeness (QED) is 0.169. The molecule has 0 aliphatic carbocycles. The minimum atomic E-state index is -0.502. The van der Waals surface area contributed by atoms with Gasteiger partial charge in [-0.3, -0.25) is 24.1 Å². The third-order valence-corrected chi connectivity index (χ3v) is 5.66. The van der Waals surface area contributed by atoms with Crippen molar-refractivity contribution < 1.29 is 19.2 Å². The standard InChI is InChI=1S/C20H31N5O4.CH3N3/c1-5-6-19(29)24-20-7-16(10-21-13(2)26)25(17(8-20)11-22-14(3)27)18(9-20)12-23-15(4)28;1-3-4-2/h1,16-18H,6-12H2,2-4H3,(H,21,26)(H,22,27)(H,23,28)(H,24,29);1H3/t16-,17+,18?,20?;. The Labute approximate surface area is 194 Å². The topological polar surface area (TPSA) is 168 Å². The van der Waals surface area contributed by atoms with Crippen molar-refractivity contribution in [1.29, 1.82) is 0 Å². The van der Waals surface area contributed by atoms with Gasteiger partial charge in [-0.05, 0) is 24.8 Å². The summed E-state index contributed by atoms with van der Waals surface area (Å²) in [5.41, 5.74) is 6.83. The van der Waals surface area contributed by atoms with E-state index in [-0.39, 0.29) is 48.2 Å². The van der Waals surface area contributed by atoms with Crippen LogP contribution < -0.4 is 21.3 Å². The van der Waals surface area contributed by atoms with Crippen LogP contribution in [0.4, 0.5) is 0 Å². The van der Waals surface area contributed by atoms with Crippen molar-refractivity contribution in [3.05, 3.63) is 10.4 Å². The molecule has 33 heavy (non-hydrogen) atoms. The number of nitrogens with zero attached hydrogens (tertiary/aromatic N) is 4. The molecule has 0 radical (unpaired) electrons. The molecule has 12 heteroatoms. The van der Waals surface area contributed by atoms with E-state index >= 15 is 0 Å². The van der Waals surface area contributed by atoms with E-state index in [0.717, 1.165) is 0 Å². The first kappa shape index (κ1) is 27.7. The van der Waals surface area contributed by atoms with Crippen LogP contribution in [0.2, 0.25) is 0 Å². The van der Waals surface area contributed by atoms with Crippen molar-refractivity contribution in [3.8, 4) is 12.3 Å². The Hall–Kier alpha value is -3.29. The molecule has 3 heterocycles. The number of carbonyl (C=O) groups excluding carboxylic acids is 4. The molecular formula is C21H34N8O4. The van der Waals surface area contributed by atoms with Gasteiger partial charge in [0, 0.05) is 76.0 Å². The molecule has 0 aromatic heterocycles. The van der Waals surface area contributed by atoms with Gasteiger partial charge >= 0.3 is 0 Å². The van der Waals surface area contributed by atoms with Gasteiger partial charge in [0.25, 0.3) is 0 Å². The van der Waals surface area contributed by atoms with Crippen LogP contribution in [0.15, 0.2) is 5.11 Å². The maximum atomic E-state index is 12.3. The molecule has 0 aromatic rings. The molecule has 3 unspecified atom stereocenters. The van der Waals surface area contributed by atoms with Crippen LogP contribution in [0.3, 0.4) is 0 Å². The number of hydrogen-bond donors (Lipinski definition) is 4. The van der Waals surface area contributed by atoms with E-state index in [1.54, 1.807) is 0 Å². The molecule has 0 saturated carbocycles. The zero-order valence-corrected chi connectivity index (χ0v) is 19.7. The summed E-state index contributed by atoms with van der Waals surface area (Å²) in [4.78, 5) is 51.4. The largest absolute Gasteiger partial charge is 0.355 e. The number of terminal acetylenes is 1. The normalized spacial score (nSPS) is 26.9. The summed E-state index contributed by atoms with van der Waals surface area (Å²) >= 11 is 0. The maximum Gasteiger partial charge on any atom is 0.232 e. The molecule has 4 N–H and O–H groups in total. The van der Waals surface area contributed by atoms with Crippen LogP contribution in [0.1, 0.15) is 46.5 Å². The molecule has 5 atom stereocenters. The molecule has 12 nitrogen and oxygen atoms in total. The molecular weight excluding hydrogens is 428 g/mol. The predicted octanol–water partition coefficient (Wildman–Crippen LogP) is -0.195. The predicted molar refractivity (Wildman–Crippen MR) is 122 cm³/mol. The van der Waals surface area contributed by atoms with E-state index in [4.69, 9.17) is 12.0 Å². The number of carbonyl (C=O) groups is 4. The molecule has 0 aromatic carbocycles. The zero-order valence-electron chi connectivity index (χ0n) is 19.7. The van der Waals surface area contributed by atoms with E-state index in [1.807, 2.05) is 0 Å². The molecule has 3 aliphatic heterocycles. The molecule has 3 fully saturated rings. The van der Waals surface area contributed by atoms with E-state index in [9.17, 15) is 19.2 Å². The maximum absolute atomic E-state index is 12.3. The van der Waals surface area contributed by atoms with Crippen LogP contribution in [-0.2, 0) is 19.2 Å². The Bertz CT molecular complexity index is 748. The number of piperidine rings is 3. The fourth-order valence-electron chi connectivity index (χ4n) is 4.72. The van der Waals surface area contributed by atoms with Crippen molar-refractivity contribution in [1.82, 2.24) is 26.2 Å². The Morgan fingerprint density at radius 3 is 1.61 bits per heavy atom. The second-order valence-corrected chi connectivity index (χ2v) is 8.33. The van der Waals surface area contributed by atoms with Crippen molar-refractivity contribution in [3.63, 3.8) is 0 Å². The van der Waals surface area contributed by atoms with Crippen molar-refractivity contribution in [2.45, 2.75) is 70.1 Å². The van der Waals surface area contributed by atoms with Crippen molar-refractivity contribution >= 4 is 23.6 Å². The first-order valence-corrected chi connectivity index (χ1v) is 10.8. The first-order chi connectivity index (χ1) is 15.6. The van der Waals surface area contributed by atoms with E-state index in [0.29, 0.717) is 38.9 Å². The Morgan fingerprint density at radius 1 is 0.970 bits per heavy atom. The average molecular weight is 463 g/mol. The third kappa shape index (κ3) is 9.00. The lowest BCUT2D eigenvalue weighted by Gasteiger charge is -2.60. The smallest absolute Gasteiger partial charge is 0.232 e. The minimum absolute atomic E-state index is 0.00540. The summed E-state index contributed by atoms with van der Waals surface area (Å²) in [5, 5.41) is 14.6. The van der Waals surface area contributed by atoms with Crippen LogP contribution in [-0.4, -0.2) is 78.9 Å². The van der Waals surface area contributed by atoms with Gasteiger partial charge in [-0.25, -0.2) is 0 Å². The van der Waals surface area contributed by atoms with E-state index in [2.05, 4.69) is 42.1 Å². The summed E-state index contributed by atoms with van der Waals surface area (Å²) in [6, 6.07) is -0.111. The fraction of sp³-hybridized carbons (Fsp3) is 0.714. The lowest BCUT2D eigenvalue weighted by atomic mass is 9.69. The monoisotopic (exact) mass is 462 g/mol. The third-order valence-electron chi connectivity index (χ3n) is 5.66. The lowest BCUT2D eigenvalue weighted by Crippen LogP contribution is -2.74.